The molecule has 0 N–H and O–H groups in total. The van der Waals surface area contributed by atoms with E-state index >= 15 is 0 Å². The van der Waals surface area contributed by atoms with Crippen LogP contribution in [0.25, 0.3) is 16.3 Å². The molecule has 0 saturated carbocycles. The van der Waals surface area contributed by atoms with Gasteiger partial charge >= 0.3 is 0 Å². The second kappa shape index (κ2) is 8.53. The molecule has 3 aromatic rings. The maximum Gasteiger partial charge on any atom is 0.252 e. The van der Waals surface area contributed by atoms with Gasteiger partial charge in [-0.2, -0.15) is 0 Å². The molecule has 0 saturated heterocycles. The molecule has 0 aliphatic rings. The number of carbonyl (C=O) groups is 1. The number of rotatable bonds is 7. The van der Waals surface area contributed by atoms with Gasteiger partial charge in [0.1, 0.15) is 11.3 Å². The van der Waals surface area contributed by atoms with Gasteiger partial charge in [-0.1, -0.05) is 23.5 Å². The van der Waals surface area contributed by atoms with Crippen LogP contribution in [0.5, 0.6) is 0 Å². The van der Waals surface area contributed by atoms with E-state index in [0.717, 1.165) is 22.5 Å². The van der Waals surface area contributed by atoms with Crippen LogP contribution >= 0.6 is 22.7 Å². The molecule has 0 bridgehead atoms. The molecule has 1 amide bonds. The van der Waals surface area contributed by atoms with Gasteiger partial charge in [0, 0.05) is 17.5 Å². The highest BCUT2D eigenvalue weighted by Gasteiger charge is 2.19. The van der Waals surface area contributed by atoms with Gasteiger partial charge in [0.05, 0.1) is 4.70 Å². The summed E-state index contributed by atoms with van der Waals surface area (Å²) in [5.74, 6) is -0.503. The first-order chi connectivity index (χ1) is 12.5. The van der Waals surface area contributed by atoms with Crippen LogP contribution in [-0.4, -0.2) is 43.0 Å². The summed E-state index contributed by atoms with van der Waals surface area (Å²) in [7, 11) is 3.99. The Bertz CT molecular complexity index is 903. The van der Waals surface area contributed by atoms with Crippen molar-refractivity contribution in [2.75, 3.05) is 32.1 Å². The first kappa shape index (κ1) is 18.7. The lowest BCUT2D eigenvalue weighted by Gasteiger charge is -2.19. The topological polar surface area (TPSA) is 36.4 Å². The zero-order valence-corrected chi connectivity index (χ0v) is 16.3. The molecule has 0 radical (unpaired) electrons. The smallest absolute Gasteiger partial charge is 0.252 e. The summed E-state index contributed by atoms with van der Waals surface area (Å²) in [5, 5.41) is 2.50. The van der Waals surface area contributed by atoms with Gasteiger partial charge < -0.3 is 4.90 Å². The van der Waals surface area contributed by atoms with Crippen LogP contribution in [0.4, 0.5) is 9.52 Å². The van der Waals surface area contributed by atoms with Crippen molar-refractivity contribution in [1.29, 1.82) is 0 Å². The third kappa shape index (κ3) is 4.55. The standard InChI is InChI=1S/C19H20FN3OS2/c1-22(2)11-5-12-23(17(24)10-9-14-6-4-13-25-14)19-21-18-15(20)7-3-8-16(18)26-19/h3-4,6-10,13H,5,11-12H2,1-2H3/b10-9+. The molecule has 0 spiro atoms. The van der Waals surface area contributed by atoms with Crippen molar-refractivity contribution in [3.05, 3.63) is 52.5 Å². The van der Waals surface area contributed by atoms with Crippen molar-refractivity contribution in [3.8, 4) is 0 Å². The summed E-state index contributed by atoms with van der Waals surface area (Å²) in [6, 6.07) is 8.77. The van der Waals surface area contributed by atoms with E-state index in [1.807, 2.05) is 37.7 Å². The number of benzene rings is 1. The molecule has 2 heterocycles. The molecular formula is C19H20FN3OS2. The second-order valence-corrected chi connectivity index (χ2v) is 8.07. The first-order valence-corrected chi connectivity index (χ1v) is 9.97. The fourth-order valence-corrected chi connectivity index (χ4v) is 4.12. The molecule has 0 atom stereocenters. The number of amides is 1. The predicted molar refractivity (Wildman–Crippen MR) is 108 cm³/mol. The average molecular weight is 390 g/mol. The lowest BCUT2D eigenvalue weighted by Crippen LogP contribution is -2.32. The normalized spacial score (nSPS) is 11.7. The molecule has 1 aromatic carbocycles. The van der Waals surface area contributed by atoms with Gasteiger partial charge in [0.2, 0.25) is 0 Å². The quantitative estimate of drug-likeness (QED) is 0.559. The minimum atomic E-state index is -0.361. The van der Waals surface area contributed by atoms with Crippen LogP contribution in [0.3, 0.4) is 0 Å². The number of para-hydroxylation sites is 1. The number of halogens is 1. The van der Waals surface area contributed by atoms with Crippen LogP contribution in [0.2, 0.25) is 0 Å². The summed E-state index contributed by atoms with van der Waals surface area (Å²) in [6.07, 6.45) is 4.17. The zero-order valence-electron chi connectivity index (χ0n) is 14.7. The molecular weight excluding hydrogens is 369 g/mol. The summed E-state index contributed by atoms with van der Waals surface area (Å²) in [5.41, 5.74) is 0.320. The fourth-order valence-electron chi connectivity index (χ4n) is 2.49. The van der Waals surface area contributed by atoms with Crippen molar-refractivity contribution in [2.45, 2.75) is 6.42 Å². The Morgan fingerprint density at radius 3 is 2.77 bits per heavy atom. The highest BCUT2D eigenvalue weighted by atomic mass is 32.1. The van der Waals surface area contributed by atoms with E-state index in [4.69, 9.17) is 0 Å². The lowest BCUT2D eigenvalue weighted by molar-refractivity contribution is -0.114. The molecule has 7 heteroatoms. The fraction of sp³-hybridized carbons (Fsp3) is 0.263. The highest BCUT2D eigenvalue weighted by molar-refractivity contribution is 7.22. The number of hydrogen-bond donors (Lipinski definition) is 0. The Hall–Kier alpha value is -2.09. The summed E-state index contributed by atoms with van der Waals surface area (Å²) in [4.78, 5) is 21.9. The van der Waals surface area contributed by atoms with E-state index in [1.165, 1.54) is 17.4 Å². The molecule has 0 aliphatic heterocycles. The average Bonchev–Trinajstić information content (AvgIpc) is 3.26. The minimum Gasteiger partial charge on any atom is -0.309 e. The monoisotopic (exact) mass is 389 g/mol. The number of carbonyl (C=O) groups excluding carboxylic acids is 1. The number of anilines is 1. The van der Waals surface area contributed by atoms with Crippen LogP contribution < -0.4 is 4.90 Å². The Labute approximate surface area is 160 Å². The van der Waals surface area contributed by atoms with Gasteiger partial charge in [-0.15, -0.1) is 11.3 Å². The molecule has 0 unspecified atom stereocenters. The van der Waals surface area contributed by atoms with Gasteiger partial charge in [0.25, 0.3) is 5.91 Å². The summed E-state index contributed by atoms with van der Waals surface area (Å²) in [6.45, 7) is 1.39. The molecule has 136 valence electrons. The van der Waals surface area contributed by atoms with Crippen molar-refractivity contribution < 1.29 is 9.18 Å². The van der Waals surface area contributed by atoms with Gasteiger partial charge in [-0.25, -0.2) is 9.37 Å². The van der Waals surface area contributed by atoms with E-state index in [2.05, 4.69) is 9.88 Å². The minimum absolute atomic E-state index is 0.142. The molecule has 4 nitrogen and oxygen atoms in total. The zero-order chi connectivity index (χ0) is 18.5. The Morgan fingerprint density at radius 2 is 2.08 bits per heavy atom. The number of nitrogens with zero attached hydrogens (tertiary/aromatic N) is 3. The highest BCUT2D eigenvalue weighted by Crippen LogP contribution is 2.30. The summed E-state index contributed by atoms with van der Waals surface area (Å²) < 4.78 is 14.7. The van der Waals surface area contributed by atoms with Crippen LogP contribution in [0.15, 0.2) is 41.8 Å². The van der Waals surface area contributed by atoms with Crippen LogP contribution in [0, 0.1) is 5.82 Å². The third-order valence-electron chi connectivity index (χ3n) is 3.78. The molecule has 3 rings (SSSR count). The van der Waals surface area contributed by atoms with Crippen molar-refractivity contribution in [1.82, 2.24) is 9.88 Å². The summed E-state index contributed by atoms with van der Waals surface area (Å²) >= 11 is 2.91. The SMILES string of the molecule is CN(C)CCCN(C(=O)/C=C/c1cccs1)c1nc2c(F)cccc2s1. The van der Waals surface area contributed by atoms with Gasteiger partial charge in [0.15, 0.2) is 5.13 Å². The molecule has 0 fully saturated rings. The van der Waals surface area contributed by atoms with E-state index in [1.54, 1.807) is 34.5 Å². The number of fused-ring (bicyclic) bond motifs is 1. The molecule has 2 aromatic heterocycles. The largest absolute Gasteiger partial charge is 0.309 e. The maximum absolute atomic E-state index is 14.0. The van der Waals surface area contributed by atoms with Crippen LogP contribution in [-0.2, 0) is 4.79 Å². The van der Waals surface area contributed by atoms with E-state index < -0.39 is 0 Å². The Morgan fingerprint density at radius 1 is 1.23 bits per heavy atom. The number of aromatic nitrogens is 1. The molecule has 0 aliphatic carbocycles. The Kier molecular flexibility index (Phi) is 6.13. The number of thiazole rings is 1. The number of thiophene rings is 1. The number of hydrogen-bond acceptors (Lipinski definition) is 5. The maximum atomic E-state index is 14.0. The van der Waals surface area contributed by atoms with Crippen molar-refractivity contribution >= 4 is 50.0 Å². The second-order valence-electron chi connectivity index (χ2n) is 6.08. The molecule has 26 heavy (non-hydrogen) atoms. The van der Waals surface area contributed by atoms with Crippen molar-refractivity contribution in [3.63, 3.8) is 0 Å². The third-order valence-corrected chi connectivity index (χ3v) is 5.66. The predicted octanol–water partition coefficient (Wildman–Crippen LogP) is 4.50. The first-order valence-electron chi connectivity index (χ1n) is 8.27. The van der Waals surface area contributed by atoms with E-state index in [-0.39, 0.29) is 11.7 Å². The van der Waals surface area contributed by atoms with Gasteiger partial charge in [-0.05, 0) is 56.7 Å². The lowest BCUT2D eigenvalue weighted by atomic mass is 10.3. The van der Waals surface area contributed by atoms with Crippen molar-refractivity contribution in [2.24, 2.45) is 0 Å². The van der Waals surface area contributed by atoms with E-state index in [0.29, 0.717) is 17.2 Å². The Balaban J connectivity index is 1.85. The van der Waals surface area contributed by atoms with Gasteiger partial charge in [-0.3, -0.25) is 9.69 Å². The van der Waals surface area contributed by atoms with E-state index in [9.17, 15) is 9.18 Å². The van der Waals surface area contributed by atoms with Crippen LogP contribution in [0.1, 0.15) is 11.3 Å².